The zero-order chi connectivity index (χ0) is 19.8. The van der Waals surface area contributed by atoms with Crippen LogP contribution in [0.2, 0.25) is 0 Å². The first-order valence-electron chi connectivity index (χ1n) is 9.05. The third-order valence-electron chi connectivity index (χ3n) is 4.88. The predicted molar refractivity (Wildman–Crippen MR) is 105 cm³/mol. The molecule has 0 aromatic carbocycles. The molecule has 2 atom stereocenters. The van der Waals surface area contributed by atoms with Crippen molar-refractivity contribution in [2.75, 3.05) is 17.3 Å². The molecular formula is C17H25N5O3S2. The van der Waals surface area contributed by atoms with Crippen LogP contribution in [-0.2, 0) is 14.6 Å². The number of fused-ring (bicyclic) bond motifs is 1. The van der Waals surface area contributed by atoms with Crippen LogP contribution in [-0.4, -0.2) is 68.1 Å². The Kier molecular flexibility index (Phi) is 5.76. The van der Waals surface area contributed by atoms with E-state index in [4.69, 9.17) is 0 Å². The zero-order valence-corrected chi connectivity index (χ0v) is 17.7. The van der Waals surface area contributed by atoms with E-state index in [0.717, 1.165) is 17.8 Å². The van der Waals surface area contributed by atoms with Crippen LogP contribution in [0.3, 0.4) is 0 Å². The lowest BCUT2D eigenvalue weighted by Crippen LogP contribution is -2.47. The van der Waals surface area contributed by atoms with Crippen molar-refractivity contribution < 1.29 is 13.2 Å². The van der Waals surface area contributed by atoms with Gasteiger partial charge in [0.1, 0.15) is 0 Å². The highest BCUT2D eigenvalue weighted by molar-refractivity contribution is 7.99. The first-order chi connectivity index (χ1) is 12.7. The average molecular weight is 412 g/mol. The Balaban J connectivity index is 1.73. The highest BCUT2D eigenvalue weighted by Crippen LogP contribution is 2.24. The minimum absolute atomic E-state index is 0.00279. The molecule has 27 heavy (non-hydrogen) atoms. The van der Waals surface area contributed by atoms with Gasteiger partial charge in [0.25, 0.3) is 5.78 Å². The summed E-state index contributed by atoms with van der Waals surface area (Å²) < 4.78 is 25.4. The molecule has 3 heterocycles. The fraction of sp³-hybridized carbons (Fsp3) is 0.647. The SMILES string of the molecule is CC[C@H](C)N(C(=O)CSc1nc2nc(C)cc(C)n2n1)[C@H]1CCS(=O)(=O)C1. The van der Waals surface area contributed by atoms with Crippen molar-refractivity contribution in [2.45, 2.75) is 57.8 Å². The summed E-state index contributed by atoms with van der Waals surface area (Å²) in [4.78, 5) is 23.4. The molecular weight excluding hydrogens is 386 g/mol. The number of amides is 1. The lowest BCUT2D eigenvalue weighted by atomic mass is 10.1. The Morgan fingerprint density at radius 2 is 2.15 bits per heavy atom. The van der Waals surface area contributed by atoms with Gasteiger partial charge in [0, 0.05) is 23.5 Å². The van der Waals surface area contributed by atoms with E-state index >= 15 is 0 Å². The highest BCUT2D eigenvalue weighted by Gasteiger charge is 2.36. The number of sulfone groups is 1. The van der Waals surface area contributed by atoms with Crippen LogP contribution in [0.15, 0.2) is 11.2 Å². The maximum atomic E-state index is 12.9. The summed E-state index contributed by atoms with van der Waals surface area (Å²) in [6.07, 6.45) is 1.29. The van der Waals surface area contributed by atoms with Gasteiger partial charge in [-0.25, -0.2) is 17.9 Å². The Labute approximate surface area is 163 Å². The summed E-state index contributed by atoms with van der Waals surface area (Å²) >= 11 is 1.26. The molecule has 2 aromatic heterocycles. The van der Waals surface area contributed by atoms with Crippen molar-refractivity contribution in [3.05, 3.63) is 17.5 Å². The smallest absolute Gasteiger partial charge is 0.253 e. The minimum Gasteiger partial charge on any atom is -0.335 e. The summed E-state index contributed by atoms with van der Waals surface area (Å²) in [5, 5.41) is 4.90. The van der Waals surface area contributed by atoms with Gasteiger partial charge in [0.2, 0.25) is 11.1 Å². The number of aryl methyl sites for hydroxylation is 2. The maximum Gasteiger partial charge on any atom is 0.253 e. The van der Waals surface area contributed by atoms with E-state index in [-0.39, 0.29) is 35.2 Å². The maximum absolute atomic E-state index is 12.9. The van der Waals surface area contributed by atoms with Crippen LogP contribution in [0.5, 0.6) is 0 Å². The topological polar surface area (TPSA) is 97.5 Å². The van der Waals surface area contributed by atoms with Crippen LogP contribution in [0, 0.1) is 13.8 Å². The van der Waals surface area contributed by atoms with Gasteiger partial charge in [0.15, 0.2) is 9.84 Å². The van der Waals surface area contributed by atoms with Crippen molar-refractivity contribution in [1.29, 1.82) is 0 Å². The molecule has 0 saturated carbocycles. The number of hydrogen-bond acceptors (Lipinski definition) is 7. The Morgan fingerprint density at radius 1 is 1.41 bits per heavy atom. The summed E-state index contributed by atoms with van der Waals surface area (Å²) in [6.45, 7) is 7.80. The Morgan fingerprint density at radius 3 is 2.78 bits per heavy atom. The van der Waals surface area contributed by atoms with E-state index in [0.29, 0.717) is 17.4 Å². The van der Waals surface area contributed by atoms with E-state index in [1.54, 1.807) is 9.42 Å². The number of carbonyl (C=O) groups excluding carboxylic acids is 1. The van der Waals surface area contributed by atoms with Gasteiger partial charge in [-0.2, -0.15) is 4.98 Å². The van der Waals surface area contributed by atoms with Crippen LogP contribution in [0.25, 0.3) is 5.78 Å². The molecule has 0 aliphatic carbocycles. The molecule has 2 aromatic rings. The Bertz CT molecular complexity index is 957. The van der Waals surface area contributed by atoms with Crippen molar-refractivity contribution in [3.8, 4) is 0 Å². The molecule has 10 heteroatoms. The van der Waals surface area contributed by atoms with Crippen LogP contribution in [0.1, 0.15) is 38.1 Å². The molecule has 8 nitrogen and oxygen atoms in total. The lowest BCUT2D eigenvalue weighted by Gasteiger charge is -2.33. The van der Waals surface area contributed by atoms with Crippen molar-refractivity contribution in [1.82, 2.24) is 24.5 Å². The fourth-order valence-corrected chi connectivity index (χ4v) is 5.81. The van der Waals surface area contributed by atoms with Crippen LogP contribution >= 0.6 is 11.8 Å². The zero-order valence-electron chi connectivity index (χ0n) is 16.0. The number of thioether (sulfide) groups is 1. The second kappa shape index (κ2) is 7.75. The summed E-state index contributed by atoms with van der Waals surface area (Å²) in [5.41, 5.74) is 1.80. The number of aromatic nitrogens is 4. The van der Waals surface area contributed by atoms with Crippen LogP contribution in [0.4, 0.5) is 0 Å². The van der Waals surface area contributed by atoms with Gasteiger partial charge in [-0.3, -0.25) is 4.79 Å². The molecule has 1 aliphatic heterocycles. The second-order valence-corrected chi connectivity index (χ2v) is 10.2. The molecule has 3 rings (SSSR count). The molecule has 1 amide bonds. The lowest BCUT2D eigenvalue weighted by molar-refractivity contribution is -0.132. The monoisotopic (exact) mass is 411 g/mol. The normalized spacial score (nSPS) is 20.1. The standard InChI is InChI=1S/C17H25N5O3S2/c1-5-12(3)21(14-6-7-27(24,25)10-14)15(23)9-26-17-19-16-18-11(2)8-13(4)22(16)20-17/h8,12,14H,5-7,9-10H2,1-4H3/t12-,14-/m0/s1. The summed E-state index contributed by atoms with van der Waals surface area (Å²) in [5.74, 6) is 0.835. The molecule has 1 saturated heterocycles. The van der Waals surface area contributed by atoms with E-state index in [2.05, 4.69) is 15.1 Å². The fourth-order valence-electron chi connectivity index (χ4n) is 3.41. The van der Waals surface area contributed by atoms with Crippen molar-refractivity contribution >= 4 is 33.3 Å². The number of hydrogen-bond donors (Lipinski definition) is 0. The molecule has 0 N–H and O–H groups in total. The number of rotatable bonds is 6. The molecule has 0 unspecified atom stereocenters. The average Bonchev–Trinajstić information content (AvgIpc) is 3.16. The quantitative estimate of drug-likeness (QED) is 0.667. The largest absolute Gasteiger partial charge is 0.335 e. The van der Waals surface area contributed by atoms with E-state index < -0.39 is 9.84 Å². The third-order valence-corrected chi connectivity index (χ3v) is 7.45. The first-order valence-corrected chi connectivity index (χ1v) is 11.9. The highest BCUT2D eigenvalue weighted by atomic mass is 32.2. The van der Waals surface area contributed by atoms with Gasteiger partial charge in [-0.1, -0.05) is 18.7 Å². The number of nitrogens with zero attached hydrogens (tertiary/aromatic N) is 5. The van der Waals surface area contributed by atoms with Gasteiger partial charge >= 0.3 is 0 Å². The van der Waals surface area contributed by atoms with Gasteiger partial charge in [0.05, 0.1) is 17.3 Å². The molecule has 1 aliphatic rings. The van der Waals surface area contributed by atoms with Gasteiger partial charge in [-0.05, 0) is 39.7 Å². The van der Waals surface area contributed by atoms with E-state index in [9.17, 15) is 13.2 Å². The van der Waals surface area contributed by atoms with Gasteiger partial charge in [-0.15, -0.1) is 5.10 Å². The summed E-state index contributed by atoms with van der Waals surface area (Å²) in [6, 6.07) is 1.68. The molecule has 0 radical (unpaired) electrons. The van der Waals surface area contributed by atoms with Crippen LogP contribution < -0.4 is 0 Å². The van der Waals surface area contributed by atoms with Crippen molar-refractivity contribution in [3.63, 3.8) is 0 Å². The molecule has 148 valence electrons. The van der Waals surface area contributed by atoms with Gasteiger partial charge < -0.3 is 4.90 Å². The number of carbonyl (C=O) groups is 1. The minimum atomic E-state index is -3.05. The van der Waals surface area contributed by atoms with E-state index in [1.165, 1.54) is 11.8 Å². The van der Waals surface area contributed by atoms with Crippen molar-refractivity contribution in [2.24, 2.45) is 0 Å². The predicted octanol–water partition coefficient (Wildman–Crippen LogP) is 1.65. The summed E-state index contributed by atoms with van der Waals surface area (Å²) in [7, 11) is -3.05. The molecule has 0 spiro atoms. The molecule has 1 fully saturated rings. The molecule has 0 bridgehead atoms. The first kappa shape index (κ1) is 20.1. The Hall–Kier alpha value is -1.68. The van der Waals surface area contributed by atoms with E-state index in [1.807, 2.05) is 33.8 Å². The second-order valence-electron chi connectivity index (χ2n) is 7.05. The third kappa shape index (κ3) is 4.43.